The first-order chi connectivity index (χ1) is 8.19. The quantitative estimate of drug-likeness (QED) is 0.870. The maximum Gasteiger partial charge on any atom is 0.240 e. The van der Waals surface area contributed by atoms with E-state index in [0.29, 0.717) is 11.7 Å². The molecule has 0 bridgehead atoms. The molecule has 2 N–H and O–H groups in total. The second kappa shape index (κ2) is 4.97. The maximum absolute atomic E-state index is 5.56. The molecule has 0 spiro atoms. The first kappa shape index (κ1) is 11.6. The lowest BCUT2D eigenvalue weighted by Gasteiger charge is -2.05. The van der Waals surface area contributed by atoms with Gasteiger partial charge in [0.15, 0.2) is 6.61 Å². The highest BCUT2D eigenvalue weighted by molar-refractivity contribution is 5.33. The van der Waals surface area contributed by atoms with Crippen molar-refractivity contribution in [1.29, 1.82) is 0 Å². The summed E-state index contributed by atoms with van der Waals surface area (Å²) in [7, 11) is 0. The molecule has 90 valence electrons. The summed E-state index contributed by atoms with van der Waals surface area (Å²) in [6.45, 7) is 4.64. The van der Waals surface area contributed by atoms with Gasteiger partial charge in [-0.2, -0.15) is 4.98 Å². The largest absolute Gasteiger partial charge is 0.485 e. The van der Waals surface area contributed by atoms with E-state index >= 15 is 0 Å². The molecule has 1 aromatic carbocycles. The average molecular weight is 233 g/mol. The van der Waals surface area contributed by atoms with Crippen LogP contribution in [0.2, 0.25) is 0 Å². The van der Waals surface area contributed by atoms with Crippen LogP contribution in [0.25, 0.3) is 0 Å². The lowest BCUT2D eigenvalue weighted by atomic mass is 10.1. The molecule has 0 saturated heterocycles. The number of nitrogens with two attached hydrogens (primary N) is 1. The Bertz CT molecular complexity index is 508. The van der Waals surface area contributed by atoms with Gasteiger partial charge in [-0.3, -0.25) is 0 Å². The number of hydrogen-bond acceptors (Lipinski definition) is 5. The fraction of sp³-hybridized carbons (Fsp3) is 0.333. The van der Waals surface area contributed by atoms with Crippen LogP contribution in [0.4, 0.5) is 0 Å². The van der Waals surface area contributed by atoms with Gasteiger partial charge in [-0.25, -0.2) is 0 Å². The molecule has 0 aliphatic carbocycles. The van der Waals surface area contributed by atoms with E-state index in [1.807, 2.05) is 25.1 Å². The van der Waals surface area contributed by atoms with Gasteiger partial charge in [0.1, 0.15) is 5.75 Å². The lowest BCUT2D eigenvalue weighted by Crippen LogP contribution is -2.00. The van der Waals surface area contributed by atoms with E-state index in [1.54, 1.807) is 0 Å². The maximum atomic E-state index is 5.56. The molecule has 0 aliphatic heterocycles. The van der Waals surface area contributed by atoms with Crippen LogP contribution in [0.1, 0.15) is 22.8 Å². The molecule has 0 saturated carbocycles. The predicted octanol–water partition coefficient (Wildman–Crippen LogP) is 1.72. The van der Waals surface area contributed by atoms with Crippen molar-refractivity contribution >= 4 is 0 Å². The summed E-state index contributed by atoms with van der Waals surface area (Å²) in [5.74, 6) is 1.72. The van der Waals surface area contributed by atoms with E-state index in [-0.39, 0.29) is 13.2 Å². The third-order valence-corrected chi connectivity index (χ3v) is 2.53. The number of aromatic nitrogens is 2. The first-order valence-corrected chi connectivity index (χ1v) is 5.40. The molecular weight excluding hydrogens is 218 g/mol. The second-order valence-corrected chi connectivity index (χ2v) is 3.84. The zero-order valence-corrected chi connectivity index (χ0v) is 9.93. The molecule has 5 nitrogen and oxygen atoms in total. The fourth-order valence-electron chi connectivity index (χ4n) is 1.38. The molecule has 2 aromatic rings. The van der Waals surface area contributed by atoms with Crippen LogP contribution in [0.3, 0.4) is 0 Å². The molecule has 0 aliphatic rings. The number of benzene rings is 1. The normalized spacial score (nSPS) is 10.5. The van der Waals surface area contributed by atoms with Crippen molar-refractivity contribution in [1.82, 2.24) is 10.1 Å². The smallest absolute Gasteiger partial charge is 0.240 e. The minimum atomic E-state index is 0.247. The van der Waals surface area contributed by atoms with Crippen LogP contribution in [0.15, 0.2) is 22.7 Å². The van der Waals surface area contributed by atoms with E-state index in [2.05, 4.69) is 17.1 Å². The molecule has 0 unspecified atom stereocenters. The SMILES string of the molecule is Cc1ccc(OCc2noc(CN)n2)cc1C. The topological polar surface area (TPSA) is 74.2 Å². The van der Waals surface area contributed by atoms with Crippen LogP contribution >= 0.6 is 0 Å². The monoisotopic (exact) mass is 233 g/mol. The van der Waals surface area contributed by atoms with Crippen molar-refractivity contribution in [3.05, 3.63) is 41.0 Å². The van der Waals surface area contributed by atoms with Crippen LogP contribution in [-0.4, -0.2) is 10.1 Å². The van der Waals surface area contributed by atoms with E-state index in [0.717, 1.165) is 5.75 Å². The standard InChI is InChI=1S/C12H15N3O2/c1-8-3-4-10(5-9(8)2)16-7-11-14-12(6-13)17-15-11/h3-5H,6-7,13H2,1-2H3. The zero-order valence-electron chi connectivity index (χ0n) is 9.93. The molecule has 0 amide bonds. The Labute approximate surface area is 99.6 Å². The molecule has 1 aromatic heterocycles. The highest BCUT2D eigenvalue weighted by Gasteiger charge is 2.05. The van der Waals surface area contributed by atoms with Crippen LogP contribution < -0.4 is 10.5 Å². The predicted molar refractivity (Wildman–Crippen MR) is 62.4 cm³/mol. The first-order valence-electron chi connectivity index (χ1n) is 5.40. The highest BCUT2D eigenvalue weighted by Crippen LogP contribution is 2.17. The van der Waals surface area contributed by atoms with Crippen molar-refractivity contribution in [2.24, 2.45) is 5.73 Å². The molecule has 17 heavy (non-hydrogen) atoms. The average Bonchev–Trinajstić information content (AvgIpc) is 2.79. The summed E-state index contributed by atoms with van der Waals surface area (Å²) in [6, 6.07) is 5.93. The van der Waals surface area contributed by atoms with E-state index < -0.39 is 0 Å². The number of rotatable bonds is 4. The molecule has 0 atom stereocenters. The summed E-state index contributed by atoms with van der Waals surface area (Å²) in [5, 5.41) is 3.75. The summed E-state index contributed by atoms with van der Waals surface area (Å²) in [6.07, 6.45) is 0. The summed E-state index contributed by atoms with van der Waals surface area (Å²) >= 11 is 0. The Morgan fingerprint density at radius 1 is 1.29 bits per heavy atom. The van der Waals surface area contributed by atoms with Gasteiger partial charge >= 0.3 is 0 Å². The minimum absolute atomic E-state index is 0.247. The summed E-state index contributed by atoms with van der Waals surface area (Å²) in [5.41, 5.74) is 7.80. The summed E-state index contributed by atoms with van der Waals surface area (Å²) < 4.78 is 10.4. The molecule has 0 radical (unpaired) electrons. The van der Waals surface area contributed by atoms with E-state index in [9.17, 15) is 0 Å². The van der Waals surface area contributed by atoms with Crippen LogP contribution in [0.5, 0.6) is 5.75 Å². The van der Waals surface area contributed by atoms with E-state index in [1.165, 1.54) is 11.1 Å². The van der Waals surface area contributed by atoms with Gasteiger partial charge in [0, 0.05) is 0 Å². The van der Waals surface area contributed by atoms with Crippen molar-refractivity contribution in [2.75, 3.05) is 0 Å². The van der Waals surface area contributed by atoms with Crippen molar-refractivity contribution in [3.63, 3.8) is 0 Å². The molecule has 0 fully saturated rings. The van der Waals surface area contributed by atoms with E-state index in [4.69, 9.17) is 15.0 Å². The molecule has 5 heteroatoms. The Hall–Kier alpha value is -1.88. The molecule has 2 rings (SSSR count). The Balaban J connectivity index is 1.99. The minimum Gasteiger partial charge on any atom is -0.485 e. The Kier molecular flexibility index (Phi) is 3.39. The lowest BCUT2D eigenvalue weighted by molar-refractivity contribution is 0.285. The van der Waals surface area contributed by atoms with Crippen LogP contribution in [-0.2, 0) is 13.2 Å². The Morgan fingerprint density at radius 3 is 2.76 bits per heavy atom. The van der Waals surface area contributed by atoms with Gasteiger partial charge in [-0.1, -0.05) is 11.2 Å². The van der Waals surface area contributed by atoms with Crippen LogP contribution in [0, 0.1) is 13.8 Å². The van der Waals surface area contributed by atoms with Crippen molar-refractivity contribution in [2.45, 2.75) is 27.0 Å². The third-order valence-electron chi connectivity index (χ3n) is 2.53. The van der Waals surface area contributed by atoms with Gasteiger partial charge in [0.05, 0.1) is 6.54 Å². The highest BCUT2D eigenvalue weighted by atomic mass is 16.5. The van der Waals surface area contributed by atoms with Crippen molar-refractivity contribution in [3.8, 4) is 5.75 Å². The number of aryl methyl sites for hydroxylation is 2. The number of ether oxygens (including phenoxy) is 1. The van der Waals surface area contributed by atoms with Gasteiger partial charge in [-0.05, 0) is 37.1 Å². The van der Waals surface area contributed by atoms with Gasteiger partial charge in [-0.15, -0.1) is 0 Å². The van der Waals surface area contributed by atoms with Gasteiger partial charge < -0.3 is 15.0 Å². The molecular formula is C12H15N3O2. The fourth-order valence-corrected chi connectivity index (χ4v) is 1.38. The molecule has 1 heterocycles. The number of hydrogen-bond donors (Lipinski definition) is 1. The second-order valence-electron chi connectivity index (χ2n) is 3.84. The summed E-state index contributed by atoms with van der Waals surface area (Å²) in [4.78, 5) is 4.06. The zero-order chi connectivity index (χ0) is 12.3. The third kappa shape index (κ3) is 2.82. The van der Waals surface area contributed by atoms with Gasteiger partial charge in [0.2, 0.25) is 11.7 Å². The Morgan fingerprint density at radius 2 is 2.12 bits per heavy atom. The number of nitrogens with zero attached hydrogens (tertiary/aromatic N) is 2. The van der Waals surface area contributed by atoms with Gasteiger partial charge in [0.25, 0.3) is 0 Å². The van der Waals surface area contributed by atoms with Crippen molar-refractivity contribution < 1.29 is 9.26 Å².